The first-order chi connectivity index (χ1) is 9.10. The van der Waals surface area contributed by atoms with Gasteiger partial charge in [0.2, 0.25) is 0 Å². The molecule has 0 amide bonds. The number of amidine groups is 1. The first kappa shape index (κ1) is 13.8. The molecule has 0 aliphatic rings. The molecule has 0 fully saturated rings. The third-order valence-electron chi connectivity index (χ3n) is 2.58. The molecule has 5 heteroatoms. The fraction of sp³-hybridized carbons (Fsp3) is 0.0714. The zero-order valence-corrected chi connectivity index (χ0v) is 11.9. The zero-order chi connectivity index (χ0) is 13.8. The molecule has 0 unspecified atom stereocenters. The first-order valence-corrected chi connectivity index (χ1v) is 6.81. The predicted octanol–water partition coefficient (Wildman–Crippen LogP) is 3.89. The first-order valence-electron chi connectivity index (χ1n) is 5.62. The van der Waals surface area contributed by atoms with E-state index in [-0.39, 0.29) is 5.84 Å². The van der Waals surface area contributed by atoms with Crippen LogP contribution in [0.15, 0.2) is 57.4 Å². The molecule has 0 saturated carbocycles. The van der Waals surface area contributed by atoms with Crippen LogP contribution in [0.5, 0.6) is 0 Å². The molecule has 0 bridgehead atoms. The van der Waals surface area contributed by atoms with Crippen molar-refractivity contribution < 1.29 is 5.21 Å². The van der Waals surface area contributed by atoms with Crippen molar-refractivity contribution in [1.29, 1.82) is 0 Å². The molecular weight excluding hydrogens is 280 g/mol. The van der Waals surface area contributed by atoms with Gasteiger partial charge in [0.25, 0.3) is 0 Å². The van der Waals surface area contributed by atoms with Crippen LogP contribution in [0.1, 0.15) is 11.1 Å². The highest BCUT2D eigenvalue weighted by molar-refractivity contribution is 7.99. The number of nitrogens with zero attached hydrogens (tertiary/aromatic N) is 1. The molecule has 2 rings (SSSR count). The van der Waals surface area contributed by atoms with E-state index in [1.807, 2.05) is 31.2 Å². The second-order valence-electron chi connectivity index (χ2n) is 4.04. The summed E-state index contributed by atoms with van der Waals surface area (Å²) in [5.41, 5.74) is 7.53. The van der Waals surface area contributed by atoms with E-state index >= 15 is 0 Å². The summed E-state index contributed by atoms with van der Waals surface area (Å²) in [7, 11) is 0. The van der Waals surface area contributed by atoms with E-state index in [1.54, 1.807) is 18.2 Å². The van der Waals surface area contributed by atoms with Gasteiger partial charge in [-0.3, -0.25) is 0 Å². The molecular formula is C14H13ClN2OS. The van der Waals surface area contributed by atoms with E-state index in [2.05, 4.69) is 5.16 Å². The molecule has 19 heavy (non-hydrogen) atoms. The van der Waals surface area contributed by atoms with Crippen LogP contribution in [0.25, 0.3) is 0 Å². The van der Waals surface area contributed by atoms with Gasteiger partial charge < -0.3 is 10.9 Å². The second-order valence-corrected chi connectivity index (χ2v) is 5.59. The largest absolute Gasteiger partial charge is 0.409 e. The van der Waals surface area contributed by atoms with Crippen LogP contribution in [0, 0.1) is 6.92 Å². The van der Waals surface area contributed by atoms with Crippen molar-refractivity contribution >= 4 is 29.2 Å². The number of aryl methyl sites for hydroxylation is 1. The molecule has 0 atom stereocenters. The summed E-state index contributed by atoms with van der Waals surface area (Å²) in [4.78, 5) is 1.92. The lowest BCUT2D eigenvalue weighted by atomic mass is 10.2. The Morgan fingerprint density at radius 1 is 1.21 bits per heavy atom. The van der Waals surface area contributed by atoms with Crippen LogP contribution in [0.3, 0.4) is 0 Å². The lowest BCUT2D eigenvalue weighted by Gasteiger charge is -2.08. The summed E-state index contributed by atoms with van der Waals surface area (Å²) in [6, 6.07) is 13.4. The third-order valence-corrected chi connectivity index (χ3v) is 3.88. The summed E-state index contributed by atoms with van der Waals surface area (Å²) in [6.45, 7) is 2.04. The number of hydrogen-bond donors (Lipinski definition) is 2. The maximum atomic E-state index is 8.81. The van der Waals surface area contributed by atoms with Gasteiger partial charge in [-0.25, -0.2) is 0 Å². The van der Waals surface area contributed by atoms with Gasteiger partial charge in [-0.2, -0.15) is 0 Å². The van der Waals surface area contributed by atoms with Gasteiger partial charge in [0.15, 0.2) is 5.84 Å². The fourth-order valence-electron chi connectivity index (χ4n) is 1.58. The Labute approximate surface area is 121 Å². The van der Waals surface area contributed by atoms with Crippen molar-refractivity contribution in [2.45, 2.75) is 16.7 Å². The number of nitrogens with two attached hydrogens (primary N) is 1. The lowest BCUT2D eigenvalue weighted by molar-refractivity contribution is 0.318. The second kappa shape index (κ2) is 5.99. The minimum absolute atomic E-state index is 0.0753. The van der Waals surface area contributed by atoms with Crippen molar-refractivity contribution in [3.63, 3.8) is 0 Å². The SMILES string of the molecule is Cc1ccc(Sc2cc(Cl)ccc2C(N)=NO)cc1. The quantitative estimate of drug-likeness (QED) is 0.390. The highest BCUT2D eigenvalue weighted by atomic mass is 35.5. The van der Waals surface area contributed by atoms with Crippen LogP contribution < -0.4 is 5.73 Å². The van der Waals surface area contributed by atoms with Crippen LogP contribution >= 0.6 is 23.4 Å². The van der Waals surface area contributed by atoms with Crippen LogP contribution in [-0.2, 0) is 0 Å². The number of benzene rings is 2. The molecule has 0 spiro atoms. The molecule has 0 aliphatic heterocycles. The van der Waals surface area contributed by atoms with Gasteiger partial charge in [0.05, 0.1) is 0 Å². The predicted molar refractivity (Wildman–Crippen MR) is 79.3 cm³/mol. The monoisotopic (exact) mass is 292 g/mol. The van der Waals surface area contributed by atoms with E-state index in [4.69, 9.17) is 22.5 Å². The van der Waals surface area contributed by atoms with E-state index in [1.165, 1.54) is 17.3 Å². The Kier molecular flexibility index (Phi) is 4.35. The van der Waals surface area contributed by atoms with E-state index in [0.29, 0.717) is 10.6 Å². The molecule has 0 aliphatic carbocycles. The summed E-state index contributed by atoms with van der Waals surface area (Å²) < 4.78 is 0. The van der Waals surface area contributed by atoms with Gasteiger partial charge in [-0.15, -0.1) is 0 Å². The molecule has 2 aromatic carbocycles. The molecule has 2 aromatic rings. The Morgan fingerprint density at radius 2 is 1.89 bits per heavy atom. The zero-order valence-electron chi connectivity index (χ0n) is 10.3. The number of oxime groups is 1. The fourth-order valence-corrected chi connectivity index (χ4v) is 2.81. The standard InChI is InChI=1S/C14H13ClN2OS/c1-9-2-5-11(6-3-9)19-13-8-10(15)4-7-12(13)14(16)17-18/h2-8,18H,1H3,(H2,16,17). The molecule has 0 radical (unpaired) electrons. The summed E-state index contributed by atoms with van der Waals surface area (Å²) in [5.74, 6) is 0.0753. The van der Waals surface area contributed by atoms with Gasteiger partial charge in [0.1, 0.15) is 0 Å². The van der Waals surface area contributed by atoms with E-state index < -0.39 is 0 Å². The van der Waals surface area contributed by atoms with E-state index in [9.17, 15) is 0 Å². The molecule has 0 heterocycles. The molecule has 3 nitrogen and oxygen atoms in total. The average molecular weight is 293 g/mol. The molecule has 3 N–H and O–H groups in total. The number of halogens is 1. The normalized spacial score (nSPS) is 11.6. The molecule has 98 valence electrons. The minimum atomic E-state index is 0.0753. The van der Waals surface area contributed by atoms with Crippen molar-refractivity contribution in [1.82, 2.24) is 0 Å². The smallest absolute Gasteiger partial charge is 0.171 e. The van der Waals surface area contributed by atoms with Gasteiger partial charge in [-0.05, 0) is 37.3 Å². The Bertz CT molecular complexity index is 611. The van der Waals surface area contributed by atoms with Crippen molar-refractivity contribution in [2.75, 3.05) is 0 Å². The molecule has 0 saturated heterocycles. The van der Waals surface area contributed by atoms with E-state index in [0.717, 1.165) is 9.79 Å². The van der Waals surface area contributed by atoms with Crippen molar-refractivity contribution in [3.8, 4) is 0 Å². The Hall–Kier alpha value is -1.65. The topological polar surface area (TPSA) is 58.6 Å². The van der Waals surface area contributed by atoms with Crippen molar-refractivity contribution in [2.24, 2.45) is 10.9 Å². The van der Waals surface area contributed by atoms with Gasteiger partial charge >= 0.3 is 0 Å². The maximum Gasteiger partial charge on any atom is 0.171 e. The van der Waals surface area contributed by atoms with Crippen LogP contribution in [0.2, 0.25) is 5.02 Å². The Balaban J connectivity index is 2.38. The third kappa shape index (κ3) is 3.43. The highest BCUT2D eigenvalue weighted by Crippen LogP contribution is 2.32. The van der Waals surface area contributed by atoms with Crippen LogP contribution in [-0.4, -0.2) is 11.0 Å². The molecule has 0 aromatic heterocycles. The average Bonchev–Trinajstić information content (AvgIpc) is 2.41. The summed E-state index contributed by atoms with van der Waals surface area (Å²) >= 11 is 7.52. The summed E-state index contributed by atoms with van der Waals surface area (Å²) in [6.07, 6.45) is 0. The maximum absolute atomic E-state index is 8.81. The highest BCUT2D eigenvalue weighted by Gasteiger charge is 2.09. The minimum Gasteiger partial charge on any atom is -0.409 e. The van der Waals surface area contributed by atoms with Gasteiger partial charge in [0, 0.05) is 20.4 Å². The Morgan fingerprint density at radius 3 is 2.53 bits per heavy atom. The van der Waals surface area contributed by atoms with Crippen molar-refractivity contribution in [3.05, 3.63) is 58.6 Å². The van der Waals surface area contributed by atoms with Crippen LogP contribution in [0.4, 0.5) is 0 Å². The summed E-state index contributed by atoms with van der Waals surface area (Å²) in [5, 5.41) is 12.5. The lowest BCUT2D eigenvalue weighted by Crippen LogP contribution is -2.14. The number of hydrogen-bond acceptors (Lipinski definition) is 3. The number of rotatable bonds is 3. The van der Waals surface area contributed by atoms with Gasteiger partial charge in [-0.1, -0.05) is 46.2 Å².